The Morgan fingerprint density at radius 3 is 1.97 bits per heavy atom. The van der Waals surface area contributed by atoms with Crippen molar-refractivity contribution in [2.24, 2.45) is 5.92 Å². The molecule has 14 heteroatoms. The van der Waals surface area contributed by atoms with Crippen LogP contribution in [0.15, 0.2) is 36.4 Å². The van der Waals surface area contributed by atoms with E-state index in [4.69, 9.17) is 25.2 Å². The molecule has 0 aromatic heterocycles. The molecule has 3 saturated heterocycles. The van der Waals surface area contributed by atoms with Gasteiger partial charge >= 0.3 is 18.0 Å². The number of anilines is 1. The summed E-state index contributed by atoms with van der Waals surface area (Å²) in [6.45, 7) is 2.28. The monoisotopic (exact) mass is 558 g/mol. The predicted molar refractivity (Wildman–Crippen MR) is 126 cm³/mol. The Labute approximate surface area is 219 Å². The van der Waals surface area contributed by atoms with Gasteiger partial charge in [0.05, 0.1) is 12.2 Å². The van der Waals surface area contributed by atoms with Gasteiger partial charge in [-0.3, -0.25) is 9.80 Å². The number of fused-ring (bicyclic) bond motifs is 3. The van der Waals surface area contributed by atoms with Gasteiger partial charge in [-0.1, -0.05) is 6.07 Å². The molecule has 0 unspecified atom stereocenters. The summed E-state index contributed by atoms with van der Waals surface area (Å²) in [5.41, 5.74) is 0.206. The first-order chi connectivity index (χ1) is 18.4. The van der Waals surface area contributed by atoms with Crippen molar-refractivity contribution in [3.63, 3.8) is 0 Å². The van der Waals surface area contributed by atoms with Gasteiger partial charge in [-0.2, -0.15) is 0 Å². The number of rotatable bonds is 7. The molecule has 0 saturated carbocycles. The van der Waals surface area contributed by atoms with Crippen molar-refractivity contribution in [1.82, 2.24) is 4.90 Å². The molecule has 2 aromatic rings. The molecule has 4 N–H and O–H groups in total. The Bertz CT molecular complexity index is 1170. The maximum atomic E-state index is 13.7. The fraction of sp³-hybridized carbons (Fsp3) is 0.400. The van der Waals surface area contributed by atoms with Crippen LogP contribution in [0.25, 0.3) is 0 Å². The molecule has 3 aliphatic heterocycles. The average Bonchev–Trinajstić information content (AvgIpc) is 2.90. The van der Waals surface area contributed by atoms with E-state index < -0.39 is 53.5 Å². The van der Waals surface area contributed by atoms with Crippen molar-refractivity contribution in [3.8, 4) is 0 Å². The summed E-state index contributed by atoms with van der Waals surface area (Å²) < 4.78 is 59.9. The second-order valence-electron chi connectivity index (χ2n) is 9.07. The fourth-order valence-corrected chi connectivity index (χ4v) is 4.29. The zero-order chi connectivity index (χ0) is 28.9. The number of piperidine rings is 3. The van der Waals surface area contributed by atoms with Gasteiger partial charge in [0, 0.05) is 6.54 Å². The Hall–Kier alpha value is -3.75. The highest BCUT2D eigenvalue weighted by Gasteiger charge is 2.37. The Balaban J connectivity index is 0.000000360. The third kappa shape index (κ3) is 7.65. The number of aliphatic hydroxyl groups is 2. The molecular weight excluding hydrogens is 532 g/mol. The first-order valence-corrected chi connectivity index (χ1v) is 11.8. The van der Waals surface area contributed by atoms with Gasteiger partial charge in [-0.25, -0.2) is 31.9 Å². The summed E-state index contributed by atoms with van der Waals surface area (Å²) >= 11 is 0. The van der Waals surface area contributed by atoms with Crippen LogP contribution < -0.4 is 4.90 Å². The SMILES string of the molecule is O=C(O)[C@@H](O)[C@H](O)C(=O)O.O=C(O[C@H]1CN2CCC1CC2)N(Cc1cc(F)c(F)c(F)c1)c1cccc(F)c1. The summed E-state index contributed by atoms with van der Waals surface area (Å²) in [6, 6.07) is 6.90. The van der Waals surface area contributed by atoms with E-state index in [1.165, 1.54) is 18.2 Å². The first kappa shape index (κ1) is 29.8. The number of amides is 1. The number of carboxylic acids is 2. The number of hydrogen-bond donors (Lipinski definition) is 4. The third-order valence-electron chi connectivity index (χ3n) is 6.38. The molecule has 0 spiro atoms. The normalized spacial score (nSPS) is 21.2. The van der Waals surface area contributed by atoms with Crippen LogP contribution in [-0.4, -0.2) is 81.3 Å². The van der Waals surface area contributed by atoms with Crippen molar-refractivity contribution >= 4 is 23.7 Å². The molecule has 0 radical (unpaired) electrons. The molecule has 3 atom stereocenters. The molecule has 39 heavy (non-hydrogen) atoms. The number of halogens is 4. The van der Waals surface area contributed by atoms with E-state index in [1.807, 2.05) is 0 Å². The second kappa shape index (κ2) is 12.9. The van der Waals surface area contributed by atoms with Crippen LogP contribution in [0.4, 0.5) is 28.0 Å². The lowest BCUT2D eigenvalue weighted by Gasteiger charge is -2.44. The van der Waals surface area contributed by atoms with E-state index in [1.54, 1.807) is 0 Å². The van der Waals surface area contributed by atoms with Crippen molar-refractivity contribution in [2.45, 2.75) is 37.7 Å². The van der Waals surface area contributed by atoms with Gasteiger partial charge in [0.15, 0.2) is 29.7 Å². The van der Waals surface area contributed by atoms with Gasteiger partial charge in [0.2, 0.25) is 0 Å². The highest BCUT2D eigenvalue weighted by Crippen LogP contribution is 2.31. The Morgan fingerprint density at radius 2 is 1.51 bits per heavy atom. The zero-order valence-corrected chi connectivity index (χ0v) is 20.3. The van der Waals surface area contributed by atoms with Gasteiger partial charge in [0.1, 0.15) is 11.9 Å². The van der Waals surface area contributed by atoms with Crippen LogP contribution >= 0.6 is 0 Å². The molecule has 5 rings (SSSR count). The number of carboxylic acid groups (broad SMARTS) is 2. The quantitative estimate of drug-likeness (QED) is 0.297. The van der Waals surface area contributed by atoms with E-state index in [9.17, 15) is 31.9 Å². The predicted octanol–water partition coefficient (Wildman–Crippen LogP) is 2.36. The minimum atomic E-state index is -2.27. The maximum absolute atomic E-state index is 13.7. The number of ether oxygens (including phenoxy) is 1. The summed E-state index contributed by atoms with van der Waals surface area (Å²) in [6.07, 6.45) is -3.68. The first-order valence-electron chi connectivity index (χ1n) is 11.8. The Morgan fingerprint density at radius 1 is 0.949 bits per heavy atom. The number of nitrogens with zero attached hydrogens (tertiary/aromatic N) is 2. The standard InChI is InChI=1S/C21H20F4N2O2.C4H6O6/c22-15-2-1-3-16(10-15)27(11-13-8-17(23)20(25)18(24)9-13)21(28)29-19-12-26-6-4-14(19)5-7-26;5-1(3(7)8)2(6)4(9)10/h1-3,8-10,14,19H,4-7,11-12H2;1-2,5-6H,(H,7,8)(H,9,10)/t19-;1-,2-/m00/s1. The van der Waals surface area contributed by atoms with Crippen molar-refractivity contribution < 1.29 is 57.1 Å². The number of aliphatic carboxylic acids is 2. The second-order valence-corrected chi connectivity index (χ2v) is 9.07. The van der Waals surface area contributed by atoms with Gasteiger partial charge in [0.25, 0.3) is 0 Å². The fourth-order valence-electron chi connectivity index (χ4n) is 4.29. The molecule has 2 bridgehead atoms. The van der Waals surface area contributed by atoms with E-state index in [0.717, 1.165) is 49.0 Å². The van der Waals surface area contributed by atoms with E-state index >= 15 is 0 Å². The minimum absolute atomic E-state index is 0.0246. The molecule has 3 fully saturated rings. The Kier molecular flexibility index (Phi) is 9.83. The van der Waals surface area contributed by atoms with Crippen molar-refractivity contribution in [1.29, 1.82) is 0 Å². The molecule has 3 heterocycles. The topological polar surface area (TPSA) is 148 Å². The average molecular weight is 558 g/mol. The number of hydrogen-bond acceptors (Lipinski definition) is 7. The molecule has 0 aliphatic carbocycles. The highest BCUT2D eigenvalue weighted by molar-refractivity contribution is 5.87. The summed E-state index contributed by atoms with van der Waals surface area (Å²) in [4.78, 5) is 35.8. The molecule has 212 valence electrons. The molecule has 1 amide bonds. The lowest BCUT2D eigenvalue weighted by atomic mass is 9.86. The van der Waals surface area contributed by atoms with Gasteiger partial charge in [-0.15, -0.1) is 0 Å². The summed E-state index contributed by atoms with van der Waals surface area (Å²) in [7, 11) is 0. The third-order valence-corrected chi connectivity index (χ3v) is 6.38. The minimum Gasteiger partial charge on any atom is -0.479 e. The van der Waals surface area contributed by atoms with E-state index in [2.05, 4.69) is 4.90 Å². The lowest BCUT2D eigenvalue weighted by molar-refractivity contribution is -0.165. The number of aliphatic hydroxyl groups excluding tert-OH is 2. The molecule has 3 aliphatic rings. The summed E-state index contributed by atoms with van der Waals surface area (Å²) in [5.74, 6) is -8.14. The highest BCUT2D eigenvalue weighted by atomic mass is 19.2. The molecule has 10 nitrogen and oxygen atoms in total. The number of carbonyl (C=O) groups excluding carboxylic acids is 1. The van der Waals surface area contributed by atoms with Crippen LogP contribution in [0.5, 0.6) is 0 Å². The van der Waals surface area contributed by atoms with Crippen LogP contribution in [0.2, 0.25) is 0 Å². The van der Waals surface area contributed by atoms with Crippen LogP contribution in [-0.2, 0) is 20.9 Å². The lowest BCUT2D eigenvalue weighted by Crippen LogP contribution is -2.53. The van der Waals surface area contributed by atoms with Gasteiger partial charge < -0.3 is 25.2 Å². The zero-order valence-electron chi connectivity index (χ0n) is 20.3. The van der Waals surface area contributed by atoms with Crippen LogP contribution in [0.1, 0.15) is 18.4 Å². The van der Waals surface area contributed by atoms with Crippen molar-refractivity contribution in [2.75, 3.05) is 24.5 Å². The summed E-state index contributed by atoms with van der Waals surface area (Å²) in [5, 5.41) is 32.5. The number of benzene rings is 2. The van der Waals surface area contributed by atoms with Crippen LogP contribution in [0.3, 0.4) is 0 Å². The molecule has 2 aromatic carbocycles. The van der Waals surface area contributed by atoms with E-state index in [-0.39, 0.29) is 29.8 Å². The number of carbonyl (C=O) groups is 3. The van der Waals surface area contributed by atoms with Gasteiger partial charge in [-0.05, 0) is 67.7 Å². The molecular formula is C25H26F4N2O8. The van der Waals surface area contributed by atoms with E-state index in [0.29, 0.717) is 6.54 Å². The van der Waals surface area contributed by atoms with Crippen molar-refractivity contribution in [3.05, 3.63) is 65.2 Å². The smallest absolute Gasteiger partial charge is 0.414 e. The maximum Gasteiger partial charge on any atom is 0.414 e. The largest absolute Gasteiger partial charge is 0.479 e. The van der Waals surface area contributed by atoms with Crippen LogP contribution in [0, 0.1) is 29.2 Å².